The van der Waals surface area contributed by atoms with E-state index in [9.17, 15) is 14.4 Å². The molecule has 27 heavy (non-hydrogen) atoms. The summed E-state index contributed by atoms with van der Waals surface area (Å²) < 4.78 is 1.35. The van der Waals surface area contributed by atoms with E-state index >= 15 is 0 Å². The topological polar surface area (TPSA) is 101 Å². The fourth-order valence-electron chi connectivity index (χ4n) is 2.92. The molecule has 0 unspecified atom stereocenters. The predicted molar refractivity (Wildman–Crippen MR) is 111 cm³/mol. The second-order valence-corrected chi connectivity index (χ2v) is 7.54. The molecule has 0 aromatic carbocycles. The van der Waals surface area contributed by atoms with Crippen LogP contribution in [0.15, 0.2) is 27.1 Å². The molecule has 0 atom stereocenters. The van der Waals surface area contributed by atoms with Gasteiger partial charge < -0.3 is 10.6 Å². The number of unbranched alkanes of at least 4 members (excludes halogenated alkanes) is 3. The summed E-state index contributed by atoms with van der Waals surface area (Å²) in [5.41, 5.74) is 5.14. The maximum atomic E-state index is 13.0. The van der Waals surface area contributed by atoms with Crippen molar-refractivity contribution in [3.05, 3.63) is 43.2 Å². The van der Waals surface area contributed by atoms with E-state index in [0.717, 1.165) is 37.0 Å². The minimum atomic E-state index is -0.610. The summed E-state index contributed by atoms with van der Waals surface area (Å²) in [6.45, 7) is 4.89. The van der Waals surface area contributed by atoms with E-state index in [1.54, 1.807) is 0 Å². The number of carbonyl (C=O) groups excluding carboxylic acids is 1. The van der Waals surface area contributed by atoms with Crippen molar-refractivity contribution in [1.82, 2.24) is 9.55 Å². The maximum absolute atomic E-state index is 13.0. The number of aromatic amines is 1. The molecule has 0 fully saturated rings. The Balaban J connectivity index is 2.42. The van der Waals surface area contributed by atoms with Crippen LogP contribution in [0.2, 0.25) is 0 Å². The summed E-state index contributed by atoms with van der Waals surface area (Å²) in [5.74, 6) is -0.125. The zero-order valence-corrected chi connectivity index (χ0v) is 16.8. The zero-order valence-electron chi connectivity index (χ0n) is 16.0. The molecule has 0 radical (unpaired) electrons. The number of hydrogen-bond acceptors (Lipinski definition) is 5. The first-order valence-electron chi connectivity index (χ1n) is 9.44. The Labute approximate surface area is 162 Å². The van der Waals surface area contributed by atoms with Crippen molar-refractivity contribution in [1.29, 1.82) is 0 Å². The number of rotatable bonds is 10. The highest BCUT2D eigenvalue weighted by atomic mass is 32.1. The molecule has 7 nitrogen and oxygen atoms in total. The van der Waals surface area contributed by atoms with Crippen LogP contribution in [0.5, 0.6) is 0 Å². The summed E-state index contributed by atoms with van der Waals surface area (Å²) in [5, 5.41) is 1.91. The standard InChI is InChI=1S/C19H28N4O3S/c1-3-5-7-11-22(15(24)13-14-9-8-12-27-14)16-17(20)23(10-6-4-2)19(26)21-18(16)25/h8-9,12H,3-7,10-11,13,20H2,1-2H3,(H,21,25,26). The summed E-state index contributed by atoms with van der Waals surface area (Å²) in [6, 6.07) is 3.78. The first-order valence-corrected chi connectivity index (χ1v) is 10.3. The number of H-pyrrole nitrogens is 1. The fraction of sp³-hybridized carbons (Fsp3) is 0.526. The van der Waals surface area contributed by atoms with Crippen LogP contribution >= 0.6 is 11.3 Å². The van der Waals surface area contributed by atoms with Crippen LogP contribution in [-0.2, 0) is 17.8 Å². The summed E-state index contributed by atoms with van der Waals surface area (Å²) >= 11 is 1.50. The van der Waals surface area contributed by atoms with Gasteiger partial charge >= 0.3 is 5.69 Å². The molecule has 1 amide bonds. The third-order valence-corrected chi connectivity index (χ3v) is 5.29. The molecule has 8 heteroatoms. The average molecular weight is 393 g/mol. The van der Waals surface area contributed by atoms with Crippen LogP contribution in [0.25, 0.3) is 0 Å². The Kier molecular flexibility index (Phi) is 7.84. The Hall–Kier alpha value is -2.35. The first-order chi connectivity index (χ1) is 13.0. The lowest BCUT2D eigenvalue weighted by atomic mass is 10.2. The van der Waals surface area contributed by atoms with Gasteiger partial charge in [0.2, 0.25) is 5.91 Å². The number of nitrogens with two attached hydrogens (primary N) is 1. The van der Waals surface area contributed by atoms with E-state index < -0.39 is 11.2 Å². The number of carbonyl (C=O) groups is 1. The van der Waals surface area contributed by atoms with Gasteiger partial charge in [0.25, 0.3) is 5.56 Å². The number of hydrogen-bond donors (Lipinski definition) is 2. The normalized spacial score (nSPS) is 10.9. The fourth-order valence-corrected chi connectivity index (χ4v) is 3.61. The molecule has 0 spiro atoms. The van der Waals surface area contributed by atoms with Gasteiger partial charge in [-0.1, -0.05) is 39.2 Å². The van der Waals surface area contributed by atoms with E-state index in [0.29, 0.717) is 13.1 Å². The van der Waals surface area contributed by atoms with E-state index in [-0.39, 0.29) is 23.8 Å². The smallest absolute Gasteiger partial charge is 0.330 e. The molecule has 148 valence electrons. The molecule has 2 heterocycles. The highest BCUT2D eigenvalue weighted by molar-refractivity contribution is 7.10. The minimum Gasteiger partial charge on any atom is -0.383 e. The molecule has 0 saturated heterocycles. The number of nitrogens with zero attached hydrogens (tertiary/aromatic N) is 2. The number of anilines is 2. The number of aromatic nitrogens is 2. The van der Waals surface area contributed by atoms with E-state index in [1.807, 2.05) is 24.4 Å². The molecule has 2 aromatic heterocycles. The lowest BCUT2D eigenvalue weighted by Gasteiger charge is -2.24. The quantitative estimate of drug-likeness (QED) is 0.607. The lowest BCUT2D eigenvalue weighted by molar-refractivity contribution is -0.118. The Bertz CT molecular complexity index is 855. The molecule has 0 saturated carbocycles. The van der Waals surface area contributed by atoms with Crippen LogP contribution in [0, 0.1) is 0 Å². The van der Waals surface area contributed by atoms with Crippen molar-refractivity contribution in [3.8, 4) is 0 Å². The molecule has 0 aliphatic heterocycles. The molecule has 0 bridgehead atoms. The third kappa shape index (κ3) is 5.32. The molecule has 2 aromatic rings. The highest BCUT2D eigenvalue weighted by Gasteiger charge is 2.24. The lowest BCUT2D eigenvalue weighted by Crippen LogP contribution is -2.42. The number of nitrogens with one attached hydrogen (secondary N) is 1. The molecule has 3 N–H and O–H groups in total. The Morgan fingerprint density at radius 2 is 1.96 bits per heavy atom. The molecule has 0 aliphatic carbocycles. The van der Waals surface area contributed by atoms with Crippen molar-refractivity contribution in [2.75, 3.05) is 17.2 Å². The van der Waals surface area contributed by atoms with Crippen LogP contribution in [0.4, 0.5) is 11.5 Å². The van der Waals surface area contributed by atoms with Crippen molar-refractivity contribution in [2.45, 2.75) is 58.9 Å². The monoisotopic (exact) mass is 392 g/mol. The summed E-state index contributed by atoms with van der Waals surface area (Å²) in [6.07, 6.45) is 4.55. The van der Waals surface area contributed by atoms with Crippen molar-refractivity contribution in [2.24, 2.45) is 0 Å². The van der Waals surface area contributed by atoms with E-state index in [4.69, 9.17) is 5.73 Å². The van der Waals surface area contributed by atoms with Gasteiger partial charge in [-0.2, -0.15) is 0 Å². The minimum absolute atomic E-state index is 0.0632. The first kappa shape index (κ1) is 21.0. The molecule has 0 aliphatic rings. The largest absolute Gasteiger partial charge is 0.383 e. The number of thiophene rings is 1. The Morgan fingerprint density at radius 1 is 1.22 bits per heavy atom. The van der Waals surface area contributed by atoms with Crippen molar-refractivity contribution >= 4 is 28.7 Å². The maximum Gasteiger partial charge on any atom is 0.330 e. The van der Waals surface area contributed by atoms with Gasteiger partial charge in [-0.25, -0.2) is 4.79 Å². The van der Waals surface area contributed by atoms with Crippen LogP contribution in [-0.4, -0.2) is 22.0 Å². The molecular weight excluding hydrogens is 364 g/mol. The van der Waals surface area contributed by atoms with Crippen LogP contribution in [0.3, 0.4) is 0 Å². The van der Waals surface area contributed by atoms with Crippen LogP contribution in [0.1, 0.15) is 50.8 Å². The van der Waals surface area contributed by atoms with Gasteiger partial charge in [-0.05, 0) is 24.3 Å². The zero-order chi connectivity index (χ0) is 19.8. The Morgan fingerprint density at radius 3 is 2.59 bits per heavy atom. The van der Waals surface area contributed by atoms with Gasteiger partial charge in [0, 0.05) is 18.0 Å². The molecular formula is C19H28N4O3S. The van der Waals surface area contributed by atoms with Gasteiger partial charge in [0.1, 0.15) is 5.82 Å². The summed E-state index contributed by atoms with van der Waals surface area (Å²) in [4.78, 5) is 42.3. The second-order valence-electron chi connectivity index (χ2n) is 6.51. The molecule has 2 rings (SSSR count). The van der Waals surface area contributed by atoms with E-state index in [2.05, 4.69) is 11.9 Å². The highest BCUT2D eigenvalue weighted by Crippen LogP contribution is 2.20. The second kappa shape index (κ2) is 10.1. The average Bonchev–Trinajstić information content (AvgIpc) is 3.13. The van der Waals surface area contributed by atoms with Gasteiger partial charge in [-0.3, -0.25) is 19.1 Å². The van der Waals surface area contributed by atoms with Gasteiger partial charge in [0.05, 0.1) is 6.42 Å². The van der Waals surface area contributed by atoms with Crippen molar-refractivity contribution < 1.29 is 4.79 Å². The van der Waals surface area contributed by atoms with E-state index in [1.165, 1.54) is 20.8 Å². The van der Waals surface area contributed by atoms with Crippen molar-refractivity contribution in [3.63, 3.8) is 0 Å². The number of amides is 1. The number of nitrogen functional groups attached to an aromatic ring is 1. The third-order valence-electron chi connectivity index (χ3n) is 4.41. The predicted octanol–water partition coefficient (Wildman–Crippen LogP) is 2.75. The SMILES string of the molecule is CCCCCN(C(=O)Cc1cccs1)c1c(N)n(CCCC)c(=O)[nH]c1=O. The van der Waals surface area contributed by atoms with Crippen LogP contribution < -0.4 is 21.9 Å². The summed E-state index contributed by atoms with van der Waals surface area (Å²) in [7, 11) is 0. The van der Waals surface area contributed by atoms with Gasteiger partial charge in [0.15, 0.2) is 5.69 Å². The van der Waals surface area contributed by atoms with Gasteiger partial charge in [-0.15, -0.1) is 11.3 Å².